The molecule has 0 aliphatic carbocycles. The van der Waals surface area contributed by atoms with E-state index in [9.17, 15) is 0 Å². The summed E-state index contributed by atoms with van der Waals surface area (Å²) < 4.78 is 2.57. The molecule has 1 aliphatic rings. The molecule has 1 N–H and O–H groups in total. The molecule has 5 heteroatoms. The van der Waals surface area contributed by atoms with Crippen LogP contribution in [0.1, 0.15) is 24.6 Å². The maximum Gasteiger partial charge on any atom is 0.217 e. The molecule has 1 saturated heterocycles. The summed E-state index contributed by atoms with van der Waals surface area (Å²) in [5, 5.41) is 7.53. The fraction of sp³-hybridized carbons (Fsp3) is 0.750. The van der Waals surface area contributed by atoms with Gasteiger partial charge in [-0.3, -0.25) is 4.68 Å². The minimum atomic E-state index is 0.574. The van der Waals surface area contributed by atoms with Crippen molar-refractivity contribution in [1.29, 1.82) is 0 Å². The van der Waals surface area contributed by atoms with Crippen LogP contribution in [0.15, 0.2) is 4.73 Å². The van der Waals surface area contributed by atoms with Gasteiger partial charge >= 0.3 is 0 Å². The third-order valence-corrected chi connectivity index (χ3v) is 2.81. The van der Waals surface area contributed by atoms with Crippen molar-refractivity contribution >= 4 is 15.9 Å². The Kier molecular flexibility index (Phi) is 2.64. The summed E-state index contributed by atoms with van der Waals surface area (Å²) in [6.45, 7) is 2.18. The molecular weight excluding hydrogens is 232 g/mol. The average Bonchev–Trinajstić information content (AvgIpc) is 2.47. The lowest BCUT2D eigenvalue weighted by molar-refractivity contribution is 0.432. The molecule has 13 heavy (non-hydrogen) atoms. The fourth-order valence-electron chi connectivity index (χ4n) is 1.80. The minimum absolute atomic E-state index is 0.574. The molecule has 0 spiro atoms. The van der Waals surface area contributed by atoms with E-state index in [-0.39, 0.29) is 0 Å². The van der Waals surface area contributed by atoms with E-state index in [2.05, 4.69) is 31.3 Å². The van der Waals surface area contributed by atoms with Gasteiger partial charge in [0.25, 0.3) is 0 Å². The molecule has 0 unspecified atom stereocenters. The maximum atomic E-state index is 4.37. The number of halogens is 1. The SMILES string of the molecule is Cn1nc(Br)nc1C1CCNCC1. The largest absolute Gasteiger partial charge is 0.317 e. The van der Waals surface area contributed by atoms with Gasteiger partial charge in [-0.2, -0.15) is 0 Å². The van der Waals surface area contributed by atoms with Gasteiger partial charge in [0.2, 0.25) is 4.73 Å². The smallest absolute Gasteiger partial charge is 0.217 e. The second kappa shape index (κ2) is 3.75. The Hall–Kier alpha value is -0.420. The summed E-state index contributed by atoms with van der Waals surface area (Å²) in [6, 6.07) is 0. The van der Waals surface area contributed by atoms with E-state index in [1.807, 2.05) is 11.7 Å². The molecule has 0 amide bonds. The summed E-state index contributed by atoms with van der Waals surface area (Å²) in [7, 11) is 1.95. The van der Waals surface area contributed by atoms with E-state index in [0.29, 0.717) is 10.7 Å². The van der Waals surface area contributed by atoms with Crippen LogP contribution in [0.2, 0.25) is 0 Å². The van der Waals surface area contributed by atoms with Crippen molar-refractivity contribution in [3.8, 4) is 0 Å². The molecule has 0 atom stereocenters. The summed E-state index contributed by atoms with van der Waals surface area (Å²) >= 11 is 3.29. The highest BCUT2D eigenvalue weighted by Crippen LogP contribution is 2.23. The van der Waals surface area contributed by atoms with E-state index in [1.165, 1.54) is 12.8 Å². The van der Waals surface area contributed by atoms with Crippen LogP contribution in [-0.2, 0) is 7.05 Å². The van der Waals surface area contributed by atoms with E-state index in [1.54, 1.807) is 0 Å². The van der Waals surface area contributed by atoms with Crippen LogP contribution < -0.4 is 5.32 Å². The number of aryl methyl sites for hydroxylation is 1. The van der Waals surface area contributed by atoms with Crippen molar-refractivity contribution in [2.45, 2.75) is 18.8 Å². The third kappa shape index (κ3) is 1.91. The predicted octanol–water partition coefficient (Wildman–Crippen LogP) is 1.04. The van der Waals surface area contributed by atoms with Crippen LogP contribution in [0.5, 0.6) is 0 Å². The van der Waals surface area contributed by atoms with Gasteiger partial charge in [0.1, 0.15) is 5.82 Å². The molecule has 2 rings (SSSR count). The molecule has 1 aromatic rings. The van der Waals surface area contributed by atoms with E-state index >= 15 is 0 Å². The Morgan fingerprint density at radius 1 is 1.46 bits per heavy atom. The van der Waals surface area contributed by atoms with Crippen molar-refractivity contribution in [3.63, 3.8) is 0 Å². The first-order valence-electron chi connectivity index (χ1n) is 4.54. The van der Waals surface area contributed by atoms with Crippen molar-refractivity contribution < 1.29 is 0 Å². The monoisotopic (exact) mass is 244 g/mol. The van der Waals surface area contributed by atoms with Crippen LogP contribution in [0.4, 0.5) is 0 Å². The first-order chi connectivity index (χ1) is 6.27. The summed E-state index contributed by atoms with van der Waals surface area (Å²) in [5.41, 5.74) is 0. The molecule has 1 aromatic heterocycles. The van der Waals surface area contributed by atoms with Gasteiger partial charge in [-0.25, -0.2) is 4.98 Å². The van der Waals surface area contributed by atoms with Crippen LogP contribution in [-0.4, -0.2) is 27.9 Å². The first kappa shape index (κ1) is 9.15. The highest BCUT2D eigenvalue weighted by Gasteiger charge is 2.20. The van der Waals surface area contributed by atoms with E-state index in [0.717, 1.165) is 18.9 Å². The zero-order valence-corrected chi connectivity index (χ0v) is 9.21. The average molecular weight is 245 g/mol. The number of hydrogen-bond acceptors (Lipinski definition) is 3. The summed E-state index contributed by atoms with van der Waals surface area (Å²) in [5.74, 6) is 1.68. The van der Waals surface area contributed by atoms with E-state index < -0.39 is 0 Å². The standard InChI is InChI=1S/C8H13BrN4/c1-13-7(11-8(9)12-13)6-2-4-10-5-3-6/h6,10H,2-5H2,1H3. The summed E-state index contributed by atoms with van der Waals surface area (Å²) in [4.78, 5) is 4.37. The van der Waals surface area contributed by atoms with Crippen molar-refractivity contribution in [1.82, 2.24) is 20.1 Å². The summed E-state index contributed by atoms with van der Waals surface area (Å²) in [6.07, 6.45) is 2.33. The van der Waals surface area contributed by atoms with Crippen LogP contribution in [0.25, 0.3) is 0 Å². The molecule has 0 saturated carbocycles. The minimum Gasteiger partial charge on any atom is -0.317 e. The number of hydrogen-bond donors (Lipinski definition) is 1. The first-order valence-corrected chi connectivity index (χ1v) is 5.34. The second-order valence-electron chi connectivity index (χ2n) is 3.39. The third-order valence-electron chi connectivity index (χ3n) is 2.48. The van der Waals surface area contributed by atoms with Crippen molar-refractivity contribution in [2.24, 2.45) is 7.05 Å². The molecule has 1 aliphatic heterocycles. The molecule has 0 radical (unpaired) electrons. The highest BCUT2D eigenvalue weighted by molar-refractivity contribution is 9.10. The quantitative estimate of drug-likeness (QED) is 0.804. The number of piperidine rings is 1. The zero-order valence-electron chi connectivity index (χ0n) is 7.63. The Morgan fingerprint density at radius 3 is 2.69 bits per heavy atom. The van der Waals surface area contributed by atoms with Gasteiger partial charge in [0.15, 0.2) is 0 Å². The Morgan fingerprint density at radius 2 is 2.15 bits per heavy atom. The Balaban J connectivity index is 2.18. The molecular formula is C8H13BrN4. The topological polar surface area (TPSA) is 42.7 Å². The molecule has 72 valence electrons. The van der Waals surface area contributed by atoms with Gasteiger partial charge in [-0.1, -0.05) is 0 Å². The number of nitrogens with zero attached hydrogens (tertiary/aromatic N) is 3. The molecule has 0 bridgehead atoms. The van der Waals surface area contributed by atoms with E-state index in [4.69, 9.17) is 0 Å². The Labute approximate surface area is 85.9 Å². The lowest BCUT2D eigenvalue weighted by Gasteiger charge is -2.21. The van der Waals surface area contributed by atoms with Crippen LogP contribution >= 0.6 is 15.9 Å². The van der Waals surface area contributed by atoms with Gasteiger partial charge < -0.3 is 5.32 Å². The molecule has 1 fully saturated rings. The number of aromatic nitrogens is 3. The second-order valence-corrected chi connectivity index (χ2v) is 4.10. The van der Waals surface area contributed by atoms with Crippen LogP contribution in [0.3, 0.4) is 0 Å². The Bertz CT molecular complexity index is 290. The van der Waals surface area contributed by atoms with Gasteiger partial charge in [0, 0.05) is 13.0 Å². The molecule has 2 heterocycles. The number of nitrogens with one attached hydrogen (secondary N) is 1. The van der Waals surface area contributed by atoms with Crippen molar-refractivity contribution in [3.05, 3.63) is 10.6 Å². The maximum absolute atomic E-state index is 4.37. The molecule has 4 nitrogen and oxygen atoms in total. The van der Waals surface area contributed by atoms with Gasteiger partial charge in [0.05, 0.1) is 0 Å². The fourth-order valence-corrected chi connectivity index (χ4v) is 2.22. The predicted molar refractivity (Wildman–Crippen MR) is 53.5 cm³/mol. The lowest BCUT2D eigenvalue weighted by atomic mass is 9.97. The lowest BCUT2D eigenvalue weighted by Crippen LogP contribution is -2.27. The molecule has 0 aromatic carbocycles. The van der Waals surface area contributed by atoms with Crippen molar-refractivity contribution in [2.75, 3.05) is 13.1 Å². The normalized spacial score (nSPS) is 19.2. The zero-order chi connectivity index (χ0) is 9.26. The van der Waals surface area contributed by atoms with Gasteiger partial charge in [-0.05, 0) is 41.9 Å². The number of rotatable bonds is 1. The van der Waals surface area contributed by atoms with Gasteiger partial charge in [-0.15, -0.1) is 5.10 Å². The van der Waals surface area contributed by atoms with Crippen LogP contribution in [0, 0.1) is 0 Å². The highest BCUT2D eigenvalue weighted by atomic mass is 79.9.